The lowest BCUT2D eigenvalue weighted by Crippen LogP contribution is -2.45. The van der Waals surface area contributed by atoms with Crippen LogP contribution in [-0.2, 0) is 6.54 Å². The number of carbonyl (C=O) groups excluding carboxylic acids is 1. The van der Waals surface area contributed by atoms with E-state index in [4.69, 9.17) is 39.9 Å². The van der Waals surface area contributed by atoms with Crippen molar-refractivity contribution in [1.82, 2.24) is 20.4 Å². The van der Waals surface area contributed by atoms with Gasteiger partial charge in [-0.3, -0.25) is 0 Å². The van der Waals surface area contributed by atoms with Crippen molar-refractivity contribution in [2.75, 3.05) is 6.54 Å². The maximum Gasteiger partial charge on any atom is 0.315 e. The van der Waals surface area contributed by atoms with Crippen molar-refractivity contribution in [3.8, 4) is 16.9 Å². The summed E-state index contributed by atoms with van der Waals surface area (Å²) in [6, 6.07) is 12.8. The Morgan fingerprint density at radius 3 is 2.25 bits per heavy atom. The topological polar surface area (TPSA) is 59.0 Å². The normalized spacial score (nSPS) is 24.9. The van der Waals surface area contributed by atoms with Gasteiger partial charge in [0.15, 0.2) is 0 Å². The third-order valence-corrected chi connectivity index (χ3v) is 10.4. The van der Waals surface area contributed by atoms with Crippen LogP contribution < -0.4 is 10.6 Å². The maximum absolute atomic E-state index is 12.6. The lowest BCUT2D eigenvalue weighted by atomic mass is 9.51. The molecule has 5 nitrogen and oxygen atoms in total. The van der Waals surface area contributed by atoms with Crippen LogP contribution in [0.3, 0.4) is 0 Å². The van der Waals surface area contributed by atoms with Gasteiger partial charge in [0.05, 0.1) is 28.6 Å². The van der Waals surface area contributed by atoms with Gasteiger partial charge < -0.3 is 10.6 Å². The first-order chi connectivity index (χ1) is 19.4. The number of urea groups is 1. The maximum atomic E-state index is 12.6. The highest BCUT2D eigenvalue weighted by atomic mass is 35.5. The molecule has 40 heavy (non-hydrogen) atoms. The Hall–Kier alpha value is -2.21. The molecule has 4 aliphatic carbocycles. The number of nitrogens with one attached hydrogen (secondary N) is 2. The monoisotopic (exact) mass is 598 g/mol. The van der Waals surface area contributed by atoms with Crippen molar-refractivity contribution in [3.63, 3.8) is 0 Å². The molecule has 4 fully saturated rings. The Kier molecular flexibility index (Phi) is 8.35. The second-order valence-corrected chi connectivity index (χ2v) is 13.4. The number of halogens is 3. The van der Waals surface area contributed by atoms with Crippen molar-refractivity contribution >= 4 is 40.8 Å². The van der Waals surface area contributed by atoms with E-state index in [1.807, 2.05) is 41.9 Å². The Morgan fingerprint density at radius 2 is 1.57 bits per heavy atom. The van der Waals surface area contributed by atoms with Crippen LogP contribution in [0.1, 0.15) is 62.6 Å². The van der Waals surface area contributed by atoms with Crippen molar-refractivity contribution in [1.29, 1.82) is 0 Å². The van der Waals surface area contributed by atoms with Crippen LogP contribution in [0.25, 0.3) is 16.9 Å². The molecule has 212 valence electrons. The lowest BCUT2D eigenvalue weighted by Gasteiger charge is -2.54. The molecule has 2 N–H and O–H groups in total. The Bertz CT molecular complexity index is 1340. The number of nitrogens with zero attached hydrogens (tertiary/aromatic N) is 2. The average molecular weight is 600 g/mol. The van der Waals surface area contributed by atoms with Gasteiger partial charge in [-0.05, 0) is 112 Å². The van der Waals surface area contributed by atoms with Crippen LogP contribution >= 0.6 is 34.8 Å². The van der Waals surface area contributed by atoms with Crippen molar-refractivity contribution < 1.29 is 4.79 Å². The van der Waals surface area contributed by atoms with E-state index in [9.17, 15) is 4.79 Å². The largest absolute Gasteiger partial charge is 0.338 e. The van der Waals surface area contributed by atoms with Gasteiger partial charge in [-0.25, -0.2) is 9.48 Å². The van der Waals surface area contributed by atoms with Crippen LogP contribution in [0.4, 0.5) is 4.79 Å². The van der Waals surface area contributed by atoms with Gasteiger partial charge in [0.2, 0.25) is 0 Å². The van der Waals surface area contributed by atoms with Gasteiger partial charge in [0, 0.05) is 27.7 Å². The molecule has 1 heterocycles. The SMILES string of the molecule is Cc1c(CNC(=O)NCCCCC2[C@H]3C[C@@H]4C[C@@H](C[C@H]2C4)C3)nn(-c2ccc(Cl)cc2Cl)c1-c1ccc(Cl)cc1. The van der Waals surface area contributed by atoms with E-state index in [-0.39, 0.29) is 6.03 Å². The van der Waals surface area contributed by atoms with Gasteiger partial charge >= 0.3 is 6.03 Å². The van der Waals surface area contributed by atoms with Gasteiger partial charge in [-0.15, -0.1) is 0 Å². The number of hydrogen-bond acceptors (Lipinski definition) is 2. The summed E-state index contributed by atoms with van der Waals surface area (Å²) in [4.78, 5) is 12.6. The summed E-state index contributed by atoms with van der Waals surface area (Å²) < 4.78 is 1.82. The van der Waals surface area contributed by atoms with Crippen LogP contribution in [0.2, 0.25) is 15.1 Å². The third-order valence-electron chi connectivity index (χ3n) is 9.56. The molecule has 4 bridgehead atoms. The van der Waals surface area contributed by atoms with Crippen LogP contribution in [0.5, 0.6) is 0 Å². The molecule has 3 aromatic rings. The molecule has 0 aliphatic heterocycles. The number of amides is 2. The Morgan fingerprint density at radius 1 is 0.900 bits per heavy atom. The molecule has 0 radical (unpaired) electrons. The zero-order valence-corrected chi connectivity index (χ0v) is 25.2. The quantitative estimate of drug-likeness (QED) is 0.241. The van der Waals surface area contributed by atoms with Gasteiger partial charge in [-0.1, -0.05) is 53.4 Å². The fourth-order valence-electron chi connectivity index (χ4n) is 7.93. The second-order valence-electron chi connectivity index (χ2n) is 12.1. The standard InChI is InChI=1S/C32H37Cl3N4O/c1-19-29(38-39(30-10-9-26(34)17-28(30)35)31(19)22-5-7-25(33)8-6-22)18-37-32(40)36-11-3-2-4-27-23-13-20-12-21(15-23)16-24(27)14-20/h5-10,17,20-21,23-24,27H,2-4,11-16,18H2,1H3,(H2,36,37,40)/t20-,21+,23-,24+,27?. The molecule has 0 unspecified atom stereocenters. The van der Waals surface area contributed by atoms with E-state index in [0.717, 1.165) is 58.5 Å². The smallest absolute Gasteiger partial charge is 0.315 e. The van der Waals surface area contributed by atoms with Gasteiger partial charge in [-0.2, -0.15) is 5.10 Å². The van der Waals surface area contributed by atoms with Crippen LogP contribution in [0.15, 0.2) is 42.5 Å². The highest BCUT2D eigenvalue weighted by molar-refractivity contribution is 6.35. The van der Waals surface area contributed by atoms with Crippen LogP contribution in [0, 0.1) is 36.5 Å². The fourth-order valence-corrected chi connectivity index (χ4v) is 8.54. The zero-order chi connectivity index (χ0) is 27.8. The predicted molar refractivity (Wildman–Crippen MR) is 163 cm³/mol. The molecule has 0 spiro atoms. The predicted octanol–water partition coefficient (Wildman–Crippen LogP) is 8.85. The molecule has 4 aliphatic rings. The first-order valence-corrected chi connectivity index (χ1v) is 15.8. The first-order valence-electron chi connectivity index (χ1n) is 14.7. The zero-order valence-electron chi connectivity index (χ0n) is 22.9. The highest BCUT2D eigenvalue weighted by Crippen LogP contribution is 2.57. The van der Waals surface area contributed by atoms with Gasteiger partial charge in [0.25, 0.3) is 0 Å². The Balaban J connectivity index is 1.05. The molecule has 0 atom stereocenters. The summed E-state index contributed by atoms with van der Waals surface area (Å²) in [5.41, 5.74) is 4.30. The fraction of sp³-hybridized carbons (Fsp3) is 0.500. The molecular formula is C32H37Cl3N4O. The number of aromatic nitrogens is 2. The van der Waals surface area contributed by atoms with E-state index in [1.165, 1.54) is 44.9 Å². The minimum Gasteiger partial charge on any atom is -0.338 e. The number of unbranched alkanes of at least 4 members (excludes halogenated alkanes) is 1. The number of carbonyl (C=O) groups is 1. The lowest BCUT2D eigenvalue weighted by molar-refractivity contribution is -0.0403. The average Bonchev–Trinajstić information content (AvgIpc) is 3.24. The summed E-state index contributed by atoms with van der Waals surface area (Å²) in [7, 11) is 0. The van der Waals surface area contributed by atoms with Gasteiger partial charge in [0.1, 0.15) is 0 Å². The second kappa shape index (κ2) is 12.0. The van der Waals surface area contributed by atoms with E-state index in [0.29, 0.717) is 33.8 Å². The van der Waals surface area contributed by atoms with Crippen molar-refractivity contribution in [2.24, 2.45) is 29.6 Å². The summed E-state index contributed by atoms with van der Waals surface area (Å²) in [5.74, 6) is 4.96. The van der Waals surface area contributed by atoms with Crippen molar-refractivity contribution in [3.05, 3.63) is 68.8 Å². The summed E-state index contributed by atoms with van der Waals surface area (Å²) >= 11 is 18.9. The number of hydrogen-bond donors (Lipinski definition) is 2. The number of benzene rings is 2. The molecule has 4 saturated carbocycles. The molecule has 8 heteroatoms. The molecular weight excluding hydrogens is 563 g/mol. The summed E-state index contributed by atoms with van der Waals surface area (Å²) in [5, 5.41) is 12.6. The van der Waals surface area contributed by atoms with E-state index < -0.39 is 0 Å². The highest BCUT2D eigenvalue weighted by Gasteiger charge is 2.47. The van der Waals surface area contributed by atoms with E-state index in [2.05, 4.69) is 10.6 Å². The first kappa shape index (κ1) is 27.9. The molecule has 1 aromatic heterocycles. The third kappa shape index (κ3) is 5.89. The van der Waals surface area contributed by atoms with E-state index >= 15 is 0 Å². The summed E-state index contributed by atoms with van der Waals surface area (Å²) in [6.07, 6.45) is 11.0. The number of rotatable bonds is 9. The van der Waals surface area contributed by atoms with Crippen LogP contribution in [-0.4, -0.2) is 22.4 Å². The molecule has 0 saturated heterocycles. The molecule has 2 aromatic carbocycles. The summed E-state index contributed by atoms with van der Waals surface area (Å²) in [6.45, 7) is 3.02. The van der Waals surface area contributed by atoms with E-state index in [1.54, 1.807) is 12.1 Å². The minimum absolute atomic E-state index is 0.166. The molecule has 7 rings (SSSR count). The minimum atomic E-state index is -0.166. The van der Waals surface area contributed by atoms with Crippen molar-refractivity contribution in [2.45, 2.75) is 64.8 Å². The molecule has 2 amide bonds. The Labute approximate surface area is 252 Å².